The molecule has 0 bridgehead atoms. The molecular weight excluding hydrogens is 246 g/mol. The fraction of sp³-hybridized carbons (Fsp3) is 0.200. The van der Waals surface area contributed by atoms with E-state index in [2.05, 4.69) is 0 Å². The predicted molar refractivity (Wildman–Crippen MR) is 75.1 cm³/mol. The van der Waals surface area contributed by atoms with Crippen molar-refractivity contribution in [2.45, 2.75) is 12.5 Å². The summed E-state index contributed by atoms with van der Waals surface area (Å²) in [6.07, 6.45) is 0.761. The highest BCUT2D eigenvalue weighted by molar-refractivity contribution is 6.32. The van der Waals surface area contributed by atoms with Gasteiger partial charge in [0.15, 0.2) is 0 Å². The van der Waals surface area contributed by atoms with Crippen molar-refractivity contribution in [3.8, 4) is 5.75 Å². The van der Waals surface area contributed by atoms with Gasteiger partial charge in [0.1, 0.15) is 5.75 Å². The zero-order valence-electron chi connectivity index (χ0n) is 10.3. The third kappa shape index (κ3) is 3.03. The maximum absolute atomic E-state index is 6.18. The molecule has 0 saturated heterocycles. The Labute approximate surface area is 112 Å². The standard InChI is InChI=1S/C15H16ClNO/c1-18-15-10-11(7-8-13(15)16)9-14(17)12-5-3-2-4-6-12/h2-8,10,14H,9,17H2,1H3. The number of hydrogen-bond donors (Lipinski definition) is 1. The molecule has 94 valence electrons. The number of benzene rings is 2. The van der Waals surface area contributed by atoms with Gasteiger partial charge in [-0.15, -0.1) is 0 Å². The largest absolute Gasteiger partial charge is 0.495 e. The SMILES string of the molecule is COc1cc(CC(N)c2ccccc2)ccc1Cl. The molecule has 3 heteroatoms. The number of ether oxygens (including phenoxy) is 1. The van der Waals surface area contributed by atoms with Gasteiger partial charge in [0.25, 0.3) is 0 Å². The lowest BCUT2D eigenvalue weighted by Gasteiger charge is -2.13. The summed E-state index contributed by atoms with van der Waals surface area (Å²) in [5.74, 6) is 0.689. The summed E-state index contributed by atoms with van der Waals surface area (Å²) in [5.41, 5.74) is 8.43. The third-order valence-electron chi connectivity index (χ3n) is 2.90. The maximum atomic E-state index is 6.18. The van der Waals surface area contributed by atoms with Crippen molar-refractivity contribution < 1.29 is 4.74 Å². The van der Waals surface area contributed by atoms with Gasteiger partial charge in [-0.1, -0.05) is 48.0 Å². The van der Waals surface area contributed by atoms with Gasteiger partial charge in [-0.05, 0) is 29.7 Å². The summed E-state index contributed by atoms with van der Waals surface area (Å²) in [5, 5.41) is 0.620. The van der Waals surface area contributed by atoms with E-state index in [1.165, 1.54) is 0 Å². The smallest absolute Gasteiger partial charge is 0.137 e. The molecule has 0 amide bonds. The third-order valence-corrected chi connectivity index (χ3v) is 3.21. The van der Waals surface area contributed by atoms with Crippen LogP contribution in [0.3, 0.4) is 0 Å². The first-order valence-electron chi connectivity index (χ1n) is 5.83. The molecule has 18 heavy (non-hydrogen) atoms. The summed E-state index contributed by atoms with van der Waals surface area (Å²) in [6, 6.07) is 15.8. The van der Waals surface area contributed by atoms with E-state index >= 15 is 0 Å². The quantitative estimate of drug-likeness (QED) is 0.913. The zero-order chi connectivity index (χ0) is 13.0. The van der Waals surface area contributed by atoms with Crippen molar-refractivity contribution in [2.75, 3.05) is 7.11 Å². The molecule has 2 rings (SSSR count). The zero-order valence-corrected chi connectivity index (χ0v) is 11.0. The average Bonchev–Trinajstić information content (AvgIpc) is 2.42. The molecule has 0 saturated carbocycles. The summed E-state index contributed by atoms with van der Waals surface area (Å²) < 4.78 is 5.20. The normalized spacial score (nSPS) is 12.2. The van der Waals surface area contributed by atoms with Crippen LogP contribution in [0.15, 0.2) is 48.5 Å². The van der Waals surface area contributed by atoms with Crippen LogP contribution >= 0.6 is 11.6 Å². The monoisotopic (exact) mass is 261 g/mol. The lowest BCUT2D eigenvalue weighted by atomic mass is 10.00. The van der Waals surface area contributed by atoms with Crippen LogP contribution in [0, 0.1) is 0 Å². The van der Waals surface area contributed by atoms with Crippen LogP contribution in [-0.2, 0) is 6.42 Å². The molecule has 1 unspecified atom stereocenters. The Morgan fingerprint density at radius 2 is 1.89 bits per heavy atom. The fourth-order valence-electron chi connectivity index (χ4n) is 1.90. The topological polar surface area (TPSA) is 35.2 Å². The number of halogens is 1. The van der Waals surface area contributed by atoms with Gasteiger partial charge in [-0.3, -0.25) is 0 Å². The molecule has 0 fully saturated rings. The number of hydrogen-bond acceptors (Lipinski definition) is 2. The van der Waals surface area contributed by atoms with Crippen LogP contribution in [0.25, 0.3) is 0 Å². The van der Waals surface area contributed by atoms with Crippen LogP contribution in [-0.4, -0.2) is 7.11 Å². The molecule has 0 heterocycles. The molecule has 0 aromatic heterocycles. The molecule has 0 radical (unpaired) electrons. The second kappa shape index (κ2) is 5.89. The first-order chi connectivity index (χ1) is 8.70. The van der Waals surface area contributed by atoms with Crippen molar-refractivity contribution in [3.05, 3.63) is 64.7 Å². The lowest BCUT2D eigenvalue weighted by Crippen LogP contribution is -2.13. The molecule has 0 spiro atoms. The van der Waals surface area contributed by atoms with E-state index < -0.39 is 0 Å². The second-order valence-corrected chi connectivity index (χ2v) is 4.60. The molecular formula is C15H16ClNO. The van der Waals surface area contributed by atoms with Crippen molar-refractivity contribution in [1.29, 1.82) is 0 Å². The molecule has 1 atom stereocenters. The first kappa shape index (κ1) is 12.9. The first-order valence-corrected chi connectivity index (χ1v) is 6.21. The van der Waals surface area contributed by atoms with Crippen molar-refractivity contribution in [3.63, 3.8) is 0 Å². The second-order valence-electron chi connectivity index (χ2n) is 4.19. The molecule has 2 nitrogen and oxygen atoms in total. The Hall–Kier alpha value is -1.51. The summed E-state index contributed by atoms with van der Waals surface area (Å²) in [6.45, 7) is 0. The molecule has 2 aromatic carbocycles. The highest BCUT2D eigenvalue weighted by Crippen LogP contribution is 2.26. The molecule has 2 aromatic rings. The van der Waals surface area contributed by atoms with E-state index in [1.54, 1.807) is 7.11 Å². The van der Waals surface area contributed by atoms with E-state index in [0.29, 0.717) is 10.8 Å². The van der Waals surface area contributed by atoms with Crippen LogP contribution in [0.4, 0.5) is 0 Å². The van der Waals surface area contributed by atoms with Crippen molar-refractivity contribution >= 4 is 11.6 Å². The Kier molecular flexibility index (Phi) is 4.24. The minimum Gasteiger partial charge on any atom is -0.495 e. The van der Waals surface area contributed by atoms with Gasteiger partial charge in [-0.25, -0.2) is 0 Å². The van der Waals surface area contributed by atoms with Crippen molar-refractivity contribution in [1.82, 2.24) is 0 Å². The minimum absolute atomic E-state index is 0.0166. The Morgan fingerprint density at radius 1 is 1.17 bits per heavy atom. The maximum Gasteiger partial charge on any atom is 0.137 e. The van der Waals surface area contributed by atoms with E-state index in [-0.39, 0.29) is 6.04 Å². The number of nitrogens with two attached hydrogens (primary N) is 1. The van der Waals surface area contributed by atoms with Gasteiger partial charge < -0.3 is 10.5 Å². The molecule has 0 aliphatic rings. The Morgan fingerprint density at radius 3 is 2.56 bits per heavy atom. The van der Waals surface area contributed by atoms with Crippen molar-refractivity contribution in [2.24, 2.45) is 5.73 Å². The van der Waals surface area contributed by atoms with Crippen LogP contribution in [0.2, 0.25) is 5.02 Å². The van der Waals surface area contributed by atoms with E-state index in [1.807, 2.05) is 48.5 Å². The van der Waals surface area contributed by atoms with Gasteiger partial charge >= 0.3 is 0 Å². The van der Waals surface area contributed by atoms with Gasteiger partial charge in [0.05, 0.1) is 12.1 Å². The minimum atomic E-state index is -0.0166. The molecule has 0 aliphatic carbocycles. The average molecular weight is 262 g/mol. The molecule has 0 aliphatic heterocycles. The van der Waals surface area contributed by atoms with E-state index in [9.17, 15) is 0 Å². The Bertz CT molecular complexity index is 513. The van der Waals surface area contributed by atoms with Gasteiger partial charge in [0, 0.05) is 6.04 Å². The Balaban J connectivity index is 2.14. The summed E-state index contributed by atoms with van der Waals surface area (Å²) >= 11 is 5.99. The van der Waals surface area contributed by atoms with Crippen LogP contribution in [0.5, 0.6) is 5.75 Å². The van der Waals surface area contributed by atoms with E-state index in [4.69, 9.17) is 22.1 Å². The van der Waals surface area contributed by atoms with Gasteiger partial charge in [0.2, 0.25) is 0 Å². The summed E-state index contributed by atoms with van der Waals surface area (Å²) in [4.78, 5) is 0. The predicted octanol–water partition coefficient (Wildman–Crippen LogP) is 3.59. The summed E-state index contributed by atoms with van der Waals surface area (Å²) in [7, 11) is 1.61. The van der Waals surface area contributed by atoms with Crippen LogP contribution in [0.1, 0.15) is 17.2 Å². The van der Waals surface area contributed by atoms with Gasteiger partial charge in [-0.2, -0.15) is 0 Å². The number of rotatable bonds is 4. The van der Waals surface area contributed by atoms with Crippen LogP contribution < -0.4 is 10.5 Å². The highest BCUT2D eigenvalue weighted by Gasteiger charge is 2.08. The lowest BCUT2D eigenvalue weighted by molar-refractivity contribution is 0.414. The number of methoxy groups -OCH3 is 1. The van der Waals surface area contributed by atoms with E-state index in [0.717, 1.165) is 17.5 Å². The fourth-order valence-corrected chi connectivity index (χ4v) is 2.10. The highest BCUT2D eigenvalue weighted by atomic mass is 35.5. The molecule has 2 N–H and O–H groups in total.